The van der Waals surface area contributed by atoms with Gasteiger partial charge in [-0.25, -0.2) is 9.37 Å². The van der Waals surface area contributed by atoms with Gasteiger partial charge in [-0.15, -0.1) is 0 Å². The van der Waals surface area contributed by atoms with Gasteiger partial charge in [0.15, 0.2) is 5.82 Å². The highest BCUT2D eigenvalue weighted by molar-refractivity contribution is 9.11. The van der Waals surface area contributed by atoms with Gasteiger partial charge in [0.25, 0.3) is 0 Å². The summed E-state index contributed by atoms with van der Waals surface area (Å²) in [4.78, 5) is 3.65. The number of nitrogens with zero attached hydrogens (tertiary/aromatic N) is 1. The van der Waals surface area contributed by atoms with Crippen LogP contribution in [0, 0.1) is 5.82 Å². The van der Waals surface area contributed by atoms with E-state index in [1.54, 1.807) is 0 Å². The van der Waals surface area contributed by atoms with Crippen LogP contribution in [-0.2, 0) is 0 Å². The molecule has 10 heavy (non-hydrogen) atoms. The third kappa shape index (κ3) is 1.49. The summed E-state index contributed by atoms with van der Waals surface area (Å²) in [6.45, 7) is 0. The Hall–Kier alpha value is 0.330. The van der Waals surface area contributed by atoms with Crippen molar-refractivity contribution in [3.05, 3.63) is 26.1 Å². The zero-order chi connectivity index (χ0) is 7.72. The van der Waals surface area contributed by atoms with Gasteiger partial charge in [0.1, 0.15) is 4.60 Å². The Balaban J connectivity index is 3.34. The molecule has 1 aromatic heterocycles. The average molecular weight is 289 g/mol. The molecule has 1 aromatic rings. The monoisotopic (exact) mass is 287 g/mol. The van der Waals surface area contributed by atoms with Crippen LogP contribution in [0.15, 0.2) is 15.3 Å². The molecule has 1 nitrogen and oxygen atoms in total. The van der Waals surface area contributed by atoms with Crippen molar-refractivity contribution in [2.45, 2.75) is 0 Å². The first kappa shape index (κ1) is 8.43. The molecule has 0 aliphatic heterocycles. The molecule has 0 aliphatic rings. The minimum absolute atomic E-state index is 0.0434. The summed E-state index contributed by atoms with van der Waals surface area (Å²) in [6, 6.07) is 0. The lowest BCUT2D eigenvalue weighted by Gasteiger charge is -1.96. The first-order valence-electron chi connectivity index (χ1n) is 2.28. The van der Waals surface area contributed by atoms with E-state index in [1.165, 1.54) is 6.20 Å². The number of pyridine rings is 1. The van der Waals surface area contributed by atoms with Crippen LogP contribution in [0.2, 0.25) is 5.02 Å². The summed E-state index contributed by atoms with van der Waals surface area (Å²) < 4.78 is 13.3. The van der Waals surface area contributed by atoms with Crippen molar-refractivity contribution in [2.24, 2.45) is 0 Å². The van der Waals surface area contributed by atoms with Crippen LogP contribution in [0.25, 0.3) is 0 Å². The molecule has 0 aromatic carbocycles. The Morgan fingerprint density at radius 2 is 2.10 bits per heavy atom. The predicted octanol–water partition coefficient (Wildman–Crippen LogP) is 3.40. The molecule has 0 unspecified atom stereocenters. The number of halogens is 4. The lowest BCUT2D eigenvalue weighted by atomic mass is 10.5. The van der Waals surface area contributed by atoms with Crippen molar-refractivity contribution in [1.82, 2.24) is 4.98 Å². The highest BCUT2D eigenvalue weighted by atomic mass is 79.9. The van der Waals surface area contributed by atoms with Gasteiger partial charge < -0.3 is 0 Å². The van der Waals surface area contributed by atoms with Crippen molar-refractivity contribution < 1.29 is 4.39 Å². The van der Waals surface area contributed by atoms with Crippen molar-refractivity contribution in [2.75, 3.05) is 0 Å². The SMILES string of the molecule is Fc1c(Br)ncc(Br)c1Cl. The van der Waals surface area contributed by atoms with E-state index >= 15 is 0 Å². The van der Waals surface area contributed by atoms with Gasteiger partial charge in [-0.2, -0.15) is 0 Å². The smallest absolute Gasteiger partial charge is 0.175 e. The van der Waals surface area contributed by atoms with E-state index in [9.17, 15) is 4.39 Å². The van der Waals surface area contributed by atoms with Crippen molar-refractivity contribution in [1.29, 1.82) is 0 Å². The molecule has 0 saturated carbocycles. The van der Waals surface area contributed by atoms with Crippen LogP contribution in [0.3, 0.4) is 0 Å². The quantitative estimate of drug-likeness (QED) is 0.667. The summed E-state index contributed by atoms with van der Waals surface area (Å²) in [5.41, 5.74) is 0. The van der Waals surface area contributed by atoms with E-state index < -0.39 is 5.82 Å². The fourth-order valence-electron chi connectivity index (χ4n) is 0.422. The normalized spacial score (nSPS) is 10.0. The van der Waals surface area contributed by atoms with Crippen LogP contribution < -0.4 is 0 Å². The molecule has 54 valence electrons. The van der Waals surface area contributed by atoms with Gasteiger partial charge in [-0.1, -0.05) is 11.6 Å². The maximum atomic E-state index is 12.7. The van der Waals surface area contributed by atoms with Gasteiger partial charge in [-0.3, -0.25) is 0 Å². The van der Waals surface area contributed by atoms with Crippen LogP contribution in [0.4, 0.5) is 4.39 Å². The van der Waals surface area contributed by atoms with E-state index in [2.05, 4.69) is 36.8 Å². The summed E-state index contributed by atoms with van der Waals surface area (Å²) >= 11 is 11.4. The number of hydrogen-bond donors (Lipinski definition) is 0. The van der Waals surface area contributed by atoms with E-state index in [0.717, 1.165) is 0 Å². The molecular weight excluding hydrogens is 288 g/mol. The molecule has 0 N–H and O–H groups in total. The number of rotatable bonds is 0. The minimum Gasteiger partial charge on any atom is -0.245 e. The van der Waals surface area contributed by atoms with Gasteiger partial charge in [0.05, 0.1) is 9.50 Å². The molecular formula is C5HBr2ClFN. The lowest BCUT2D eigenvalue weighted by Crippen LogP contribution is -1.84. The topological polar surface area (TPSA) is 12.9 Å². The van der Waals surface area contributed by atoms with Crippen LogP contribution in [0.1, 0.15) is 0 Å². The molecule has 0 aliphatic carbocycles. The largest absolute Gasteiger partial charge is 0.245 e. The van der Waals surface area contributed by atoms with Gasteiger partial charge in [-0.05, 0) is 31.9 Å². The zero-order valence-corrected chi connectivity index (χ0v) is 8.46. The second kappa shape index (κ2) is 3.15. The van der Waals surface area contributed by atoms with Gasteiger partial charge >= 0.3 is 0 Å². The average Bonchev–Trinajstić information content (AvgIpc) is 1.93. The van der Waals surface area contributed by atoms with Crippen molar-refractivity contribution >= 4 is 43.5 Å². The molecule has 0 amide bonds. The van der Waals surface area contributed by atoms with Crippen LogP contribution in [-0.4, -0.2) is 4.98 Å². The molecule has 0 spiro atoms. The maximum absolute atomic E-state index is 12.7. The molecule has 5 heteroatoms. The van der Waals surface area contributed by atoms with Gasteiger partial charge in [0, 0.05) is 6.20 Å². The van der Waals surface area contributed by atoms with Crippen LogP contribution >= 0.6 is 43.5 Å². The number of aromatic nitrogens is 1. The van der Waals surface area contributed by atoms with E-state index in [4.69, 9.17) is 11.6 Å². The zero-order valence-electron chi connectivity index (χ0n) is 4.54. The van der Waals surface area contributed by atoms with E-state index in [0.29, 0.717) is 4.47 Å². The summed E-state index contributed by atoms with van der Waals surface area (Å²) in [7, 11) is 0. The van der Waals surface area contributed by atoms with Gasteiger partial charge in [0.2, 0.25) is 0 Å². The first-order chi connectivity index (χ1) is 4.63. The second-order valence-electron chi connectivity index (χ2n) is 1.52. The summed E-state index contributed by atoms with van der Waals surface area (Å²) in [5, 5.41) is 0.0434. The Labute approximate surface area is 78.9 Å². The molecule has 0 radical (unpaired) electrons. The molecule has 0 saturated heterocycles. The van der Waals surface area contributed by atoms with E-state index in [-0.39, 0.29) is 9.63 Å². The third-order valence-corrected chi connectivity index (χ3v) is 2.63. The Morgan fingerprint density at radius 1 is 1.50 bits per heavy atom. The lowest BCUT2D eigenvalue weighted by molar-refractivity contribution is 0.612. The molecule has 1 heterocycles. The highest BCUT2D eigenvalue weighted by Gasteiger charge is 2.08. The summed E-state index contributed by atoms with van der Waals surface area (Å²) in [6.07, 6.45) is 1.43. The predicted molar refractivity (Wildman–Crippen MR) is 44.6 cm³/mol. The highest BCUT2D eigenvalue weighted by Crippen LogP contribution is 2.27. The summed E-state index contributed by atoms with van der Waals surface area (Å²) in [5.74, 6) is -0.545. The molecule has 0 atom stereocenters. The Kier molecular flexibility index (Phi) is 2.66. The number of hydrogen-bond acceptors (Lipinski definition) is 1. The van der Waals surface area contributed by atoms with E-state index in [1.807, 2.05) is 0 Å². The Bertz CT molecular complexity index is 239. The third-order valence-electron chi connectivity index (χ3n) is 0.875. The van der Waals surface area contributed by atoms with Crippen LogP contribution in [0.5, 0.6) is 0 Å². The molecule has 1 rings (SSSR count). The standard InChI is InChI=1S/C5HBr2ClFN/c6-2-1-10-5(7)4(9)3(2)8/h1H. The Morgan fingerprint density at radius 3 is 2.60 bits per heavy atom. The fraction of sp³-hybridized carbons (Fsp3) is 0. The maximum Gasteiger partial charge on any atom is 0.175 e. The molecule has 0 fully saturated rings. The van der Waals surface area contributed by atoms with Crippen molar-refractivity contribution in [3.63, 3.8) is 0 Å². The molecule has 0 bridgehead atoms. The van der Waals surface area contributed by atoms with Crippen molar-refractivity contribution in [3.8, 4) is 0 Å². The second-order valence-corrected chi connectivity index (χ2v) is 3.51. The fourth-order valence-corrected chi connectivity index (χ4v) is 1.25. The first-order valence-corrected chi connectivity index (χ1v) is 4.24. The minimum atomic E-state index is -0.545.